The lowest BCUT2D eigenvalue weighted by Gasteiger charge is -2.14. The van der Waals surface area contributed by atoms with Crippen LogP contribution in [0.15, 0.2) is 23.1 Å². The molecule has 0 amide bonds. The molecule has 0 saturated carbocycles. The van der Waals surface area contributed by atoms with E-state index in [0.29, 0.717) is 5.75 Å². The molecule has 2 rings (SSSR count). The second-order valence-corrected chi connectivity index (χ2v) is 7.50. The van der Waals surface area contributed by atoms with Crippen LogP contribution in [-0.4, -0.2) is 9.96 Å². The lowest BCUT2D eigenvalue weighted by molar-refractivity contribution is 0.447. The van der Waals surface area contributed by atoms with E-state index in [4.69, 9.17) is 5.26 Å². The lowest BCUT2D eigenvalue weighted by Crippen LogP contribution is -2.10. The molecule has 1 aliphatic carbocycles. The highest BCUT2D eigenvalue weighted by Gasteiger charge is 2.17. The van der Waals surface area contributed by atoms with Gasteiger partial charge < -0.3 is 0 Å². The summed E-state index contributed by atoms with van der Waals surface area (Å²) in [6.45, 7) is 3.87. The Kier molecular flexibility index (Phi) is 4.42. The first-order valence-electron chi connectivity index (χ1n) is 6.93. The highest BCUT2D eigenvalue weighted by molar-refractivity contribution is 7.85. The van der Waals surface area contributed by atoms with Gasteiger partial charge in [-0.2, -0.15) is 5.26 Å². The first kappa shape index (κ1) is 14.3. The van der Waals surface area contributed by atoms with E-state index in [9.17, 15) is 4.21 Å². The molecule has 3 heteroatoms. The number of aryl methyl sites for hydroxylation is 2. The molecule has 1 aromatic rings. The Balaban J connectivity index is 1.92. The van der Waals surface area contributed by atoms with E-state index in [1.165, 1.54) is 24.0 Å². The van der Waals surface area contributed by atoms with Crippen molar-refractivity contribution in [3.8, 4) is 6.07 Å². The third-order valence-corrected chi connectivity index (χ3v) is 5.21. The summed E-state index contributed by atoms with van der Waals surface area (Å²) in [5, 5.41) is 8.96. The largest absolute Gasteiger partial charge is 0.254 e. The molecule has 1 aromatic carbocycles. The molecule has 0 bridgehead atoms. The zero-order valence-corrected chi connectivity index (χ0v) is 12.6. The van der Waals surface area contributed by atoms with Gasteiger partial charge in [-0.25, -0.2) is 0 Å². The average molecular weight is 275 g/mol. The Bertz CT molecular complexity index is 528. The quantitative estimate of drug-likeness (QED) is 0.823. The molecule has 0 aliphatic heterocycles. The zero-order valence-electron chi connectivity index (χ0n) is 11.7. The first-order chi connectivity index (χ1) is 9.02. The van der Waals surface area contributed by atoms with Crippen LogP contribution in [0, 0.1) is 16.7 Å². The van der Waals surface area contributed by atoms with Crippen molar-refractivity contribution in [2.45, 2.75) is 50.8 Å². The lowest BCUT2D eigenvalue weighted by atomic mass is 9.90. The Morgan fingerprint density at radius 3 is 2.79 bits per heavy atom. The molecule has 0 saturated heterocycles. The van der Waals surface area contributed by atoms with Crippen molar-refractivity contribution in [2.24, 2.45) is 5.41 Å². The topological polar surface area (TPSA) is 40.9 Å². The van der Waals surface area contributed by atoms with Crippen LogP contribution in [0.2, 0.25) is 0 Å². The van der Waals surface area contributed by atoms with Gasteiger partial charge in [-0.3, -0.25) is 4.21 Å². The van der Waals surface area contributed by atoms with Crippen molar-refractivity contribution in [3.05, 3.63) is 29.3 Å². The highest BCUT2D eigenvalue weighted by atomic mass is 32.2. The minimum atomic E-state index is -0.922. The molecule has 0 radical (unpaired) electrons. The number of nitrogens with zero attached hydrogens (tertiary/aromatic N) is 1. The van der Waals surface area contributed by atoms with Gasteiger partial charge in [0.2, 0.25) is 0 Å². The van der Waals surface area contributed by atoms with Gasteiger partial charge in [-0.05, 0) is 69.2 Å². The highest BCUT2D eigenvalue weighted by Crippen LogP contribution is 2.25. The number of nitriles is 1. The molecule has 2 nitrogen and oxygen atoms in total. The molecule has 1 aliphatic rings. The number of fused-ring (bicyclic) bond motifs is 1. The smallest absolute Gasteiger partial charge is 0.0683 e. The monoisotopic (exact) mass is 275 g/mol. The minimum absolute atomic E-state index is 0.303. The summed E-state index contributed by atoms with van der Waals surface area (Å²) in [7, 11) is -0.922. The Morgan fingerprint density at radius 1 is 1.32 bits per heavy atom. The third-order valence-electron chi connectivity index (χ3n) is 3.77. The average Bonchev–Trinajstić information content (AvgIpc) is 2.85. The maximum atomic E-state index is 12.2. The fourth-order valence-corrected chi connectivity index (χ4v) is 3.64. The van der Waals surface area contributed by atoms with Gasteiger partial charge in [0.25, 0.3) is 0 Å². The SMILES string of the molecule is CC(C)(C#N)CCCS(=O)c1ccc2c(c1)CCC2. The maximum Gasteiger partial charge on any atom is 0.0683 e. The van der Waals surface area contributed by atoms with Gasteiger partial charge >= 0.3 is 0 Å². The standard InChI is InChI=1S/C16H21NOS/c1-16(2,12-17)9-4-10-19(18)15-8-7-13-5-3-6-14(13)11-15/h7-8,11H,3-6,9-10H2,1-2H3. The number of hydrogen-bond acceptors (Lipinski definition) is 2. The number of benzene rings is 1. The molecule has 0 heterocycles. The second kappa shape index (κ2) is 5.88. The minimum Gasteiger partial charge on any atom is -0.254 e. The van der Waals surface area contributed by atoms with E-state index in [-0.39, 0.29) is 5.41 Å². The third kappa shape index (κ3) is 3.67. The normalized spacial score (nSPS) is 15.8. The van der Waals surface area contributed by atoms with Crippen LogP contribution in [0.1, 0.15) is 44.2 Å². The maximum absolute atomic E-state index is 12.2. The summed E-state index contributed by atoms with van der Waals surface area (Å²) in [6, 6.07) is 8.55. The molecule has 0 aromatic heterocycles. The summed E-state index contributed by atoms with van der Waals surface area (Å²) in [5.41, 5.74) is 2.50. The van der Waals surface area contributed by atoms with Crippen molar-refractivity contribution in [2.75, 3.05) is 5.75 Å². The predicted octanol–water partition coefficient (Wildman–Crippen LogP) is 3.61. The number of hydrogen-bond donors (Lipinski definition) is 0. The molecule has 0 N–H and O–H groups in total. The van der Waals surface area contributed by atoms with Crippen LogP contribution < -0.4 is 0 Å². The Morgan fingerprint density at radius 2 is 2.05 bits per heavy atom. The molecule has 1 atom stereocenters. The van der Waals surface area contributed by atoms with Gasteiger partial charge in [0.1, 0.15) is 0 Å². The summed E-state index contributed by atoms with van der Waals surface area (Å²) in [5.74, 6) is 0.657. The van der Waals surface area contributed by atoms with Crippen molar-refractivity contribution in [1.29, 1.82) is 5.26 Å². The van der Waals surface area contributed by atoms with E-state index < -0.39 is 10.8 Å². The van der Waals surface area contributed by atoms with Gasteiger partial charge in [-0.1, -0.05) is 6.07 Å². The first-order valence-corrected chi connectivity index (χ1v) is 8.25. The number of rotatable bonds is 5. The Hall–Kier alpha value is -1.14. The van der Waals surface area contributed by atoms with Crippen molar-refractivity contribution < 1.29 is 4.21 Å². The van der Waals surface area contributed by atoms with Gasteiger partial charge in [0, 0.05) is 10.6 Å². The molecular formula is C16H21NOS. The summed E-state index contributed by atoms with van der Waals surface area (Å²) in [4.78, 5) is 0.954. The van der Waals surface area contributed by atoms with Crippen LogP contribution in [0.3, 0.4) is 0 Å². The van der Waals surface area contributed by atoms with E-state index in [1.54, 1.807) is 0 Å². The van der Waals surface area contributed by atoms with E-state index in [0.717, 1.165) is 24.2 Å². The van der Waals surface area contributed by atoms with Crippen LogP contribution in [0.25, 0.3) is 0 Å². The summed E-state index contributed by atoms with van der Waals surface area (Å²) in [6.07, 6.45) is 5.16. The molecule has 19 heavy (non-hydrogen) atoms. The fraction of sp³-hybridized carbons (Fsp3) is 0.562. The van der Waals surface area contributed by atoms with Gasteiger partial charge in [0.05, 0.1) is 22.3 Å². The fourth-order valence-electron chi connectivity index (χ4n) is 2.51. The van der Waals surface area contributed by atoms with Crippen molar-refractivity contribution in [3.63, 3.8) is 0 Å². The second-order valence-electron chi connectivity index (χ2n) is 5.93. The molecular weight excluding hydrogens is 254 g/mol. The summed E-state index contributed by atoms with van der Waals surface area (Å²) < 4.78 is 12.2. The molecule has 1 unspecified atom stereocenters. The van der Waals surface area contributed by atoms with Crippen molar-refractivity contribution in [1.82, 2.24) is 0 Å². The van der Waals surface area contributed by atoms with Crippen LogP contribution >= 0.6 is 0 Å². The van der Waals surface area contributed by atoms with Gasteiger partial charge in [-0.15, -0.1) is 0 Å². The summed E-state index contributed by atoms with van der Waals surface area (Å²) >= 11 is 0. The van der Waals surface area contributed by atoms with Crippen LogP contribution in [-0.2, 0) is 23.6 Å². The molecule has 0 spiro atoms. The van der Waals surface area contributed by atoms with Crippen molar-refractivity contribution >= 4 is 10.8 Å². The zero-order chi connectivity index (χ0) is 13.9. The van der Waals surface area contributed by atoms with Gasteiger partial charge in [0.15, 0.2) is 0 Å². The molecule has 102 valence electrons. The van der Waals surface area contributed by atoms with E-state index >= 15 is 0 Å². The van der Waals surface area contributed by atoms with Crippen LogP contribution in [0.4, 0.5) is 0 Å². The van der Waals surface area contributed by atoms with E-state index in [2.05, 4.69) is 18.2 Å². The Labute approximate surface area is 118 Å². The van der Waals surface area contributed by atoms with E-state index in [1.807, 2.05) is 19.9 Å². The van der Waals surface area contributed by atoms with Crippen LogP contribution in [0.5, 0.6) is 0 Å². The molecule has 0 fully saturated rings. The predicted molar refractivity (Wildman–Crippen MR) is 78.4 cm³/mol.